The standard InChI is InChI=1S/C14H18N2O4S/c1-20-8-9-21(18,19)15-7-6-12-10-11-4-2-3-5-13(11)16-14(12)17/h2-5,10,15H,6-9H2,1H3,(H,16,17). The van der Waals surface area contributed by atoms with Gasteiger partial charge in [-0.3, -0.25) is 4.79 Å². The molecule has 114 valence electrons. The molecule has 2 N–H and O–H groups in total. The summed E-state index contributed by atoms with van der Waals surface area (Å²) in [5.74, 6) is -0.0857. The van der Waals surface area contributed by atoms with Crippen LogP contribution in [0.1, 0.15) is 5.56 Å². The van der Waals surface area contributed by atoms with Crippen LogP contribution in [0.25, 0.3) is 10.9 Å². The van der Waals surface area contributed by atoms with Crippen LogP contribution in [-0.4, -0.2) is 39.4 Å². The zero-order chi connectivity index (χ0) is 15.3. The molecule has 7 heteroatoms. The fourth-order valence-electron chi connectivity index (χ4n) is 1.98. The number of ether oxygens (including phenoxy) is 1. The molecule has 0 aliphatic carbocycles. The van der Waals surface area contributed by atoms with Crippen molar-refractivity contribution in [3.05, 3.63) is 46.2 Å². The van der Waals surface area contributed by atoms with Crippen LogP contribution in [0.4, 0.5) is 0 Å². The molecule has 21 heavy (non-hydrogen) atoms. The normalized spacial score (nSPS) is 11.9. The fourth-order valence-corrected chi connectivity index (χ4v) is 2.93. The first-order valence-corrected chi connectivity index (χ1v) is 8.24. The predicted octanol–water partition coefficient (Wildman–Crippen LogP) is 0.636. The van der Waals surface area contributed by atoms with E-state index in [1.54, 1.807) is 6.07 Å². The number of fused-ring (bicyclic) bond motifs is 1. The van der Waals surface area contributed by atoms with E-state index in [1.165, 1.54) is 7.11 Å². The van der Waals surface area contributed by atoms with E-state index in [-0.39, 0.29) is 24.5 Å². The quantitative estimate of drug-likeness (QED) is 0.785. The SMILES string of the molecule is COCCS(=O)(=O)NCCc1cc2ccccc2[nH]c1=O. The summed E-state index contributed by atoms with van der Waals surface area (Å²) >= 11 is 0. The number of pyridine rings is 1. The lowest BCUT2D eigenvalue weighted by Crippen LogP contribution is -2.31. The number of hydrogen-bond donors (Lipinski definition) is 2. The first-order chi connectivity index (χ1) is 10.0. The van der Waals surface area contributed by atoms with Gasteiger partial charge in [0.25, 0.3) is 5.56 Å². The maximum absolute atomic E-state index is 11.9. The topological polar surface area (TPSA) is 88.3 Å². The molecular formula is C14H18N2O4S. The van der Waals surface area contributed by atoms with E-state index < -0.39 is 10.0 Å². The molecule has 1 aromatic heterocycles. The van der Waals surface area contributed by atoms with Gasteiger partial charge >= 0.3 is 0 Å². The molecule has 0 amide bonds. The predicted molar refractivity (Wildman–Crippen MR) is 81.9 cm³/mol. The number of sulfonamides is 1. The number of aromatic nitrogens is 1. The summed E-state index contributed by atoms with van der Waals surface area (Å²) in [5, 5.41) is 0.925. The monoisotopic (exact) mass is 310 g/mol. The highest BCUT2D eigenvalue weighted by Gasteiger charge is 2.10. The lowest BCUT2D eigenvalue weighted by molar-refractivity contribution is 0.217. The van der Waals surface area contributed by atoms with Crippen LogP contribution in [0.5, 0.6) is 0 Å². The van der Waals surface area contributed by atoms with Gasteiger partial charge in [0, 0.05) is 24.7 Å². The molecule has 0 aliphatic heterocycles. The van der Waals surface area contributed by atoms with Gasteiger partial charge in [0.05, 0.1) is 12.4 Å². The molecule has 2 rings (SSSR count). The van der Waals surface area contributed by atoms with Crippen molar-refractivity contribution in [1.82, 2.24) is 9.71 Å². The Bertz CT molecular complexity index is 768. The Kier molecular flexibility index (Phi) is 5.11. The summed E-state index contributed by atoms with van der Waals surface area (Å²) in [5.41, 5.74) is 1.14. The van der Waals surface area contributed by atoms with Gasteiger partial charge in [-0.15, -0.1) is 0 Å². The van der Waals surface area contributed by atoms with E-state index in [1.807, 2.05) is 24.3 Å². The molecule has 1 heterocycles. The maximum Gasteiger partial charge on any atom is 0.251 e. The Morgan fingerprint density at radius 3 is 2.81 bits per heavy atom. The molecule has 0 unspecified atom stereocenters. The van der Waals surface area contributed by atoms with Crippen LogP contribution in [0.3, 0.4) is 0 Å². The summed E-state index contributed by atoms with van der Waals surface area (Å²) < 4.78 is 30.4. The molecule has 0 radical (unpaired) electrons. The van der Waals surface area contributed by atoms with Gasteiger partial charge in [0.15, 0.2) is 0 Å². The van der Waals surface area contributed by atoms with E-state index in [9.17, 15) is 13.2 Å². The van der Waals surface area contributed by atoms with Gasteiger partial charge in [0.1, 0.15) is 0 Å². The summed E-state index contributed by atoms with van der Waals surface area (Å²) in [6.45, 7) is 0.333. The Labute approximate surface area is 123 Å². The first kappa shape index (κ1) is 15.7. The highest BCUT2D eigenvalue weighted by Crippen LogP contribution is 2.10. The van der Waals surface area contributed by atoms with Crippen molar-refractivity contribution in [3.8, 4) is 0 Å². The molecular weight excluding hydrogens is 292 g/mol. The lowest BCUT2D eigenvalue weighted by Gasteiger charge is -2.06. The number of para-hydroxylation sites is 1. The molecule has 2 aromatic rings. The second-order valence-electron chi connectivity index (χ2n) is 4.67. The molecule has 0 saturated carbocycles. The third kappa shape index (κ3) is 4.38. The van der Waals surface area contributed by atoms with Crippen LogP contribution in [-0.2, 0) is 21.2 Å². The third-order valence-electron chi connectivity index (χ3n) is 3.10. The highest BCUT2D eigenvalue weighted by molar-refractivity contribution is 7.89. The minimum Gasteiger partial charge on any atom is -0.384 e. The van der Waals surface area contributed by atoms with E-state index >= 15 is 0 Å². The third-order valence-corrected chi connectivity index (χ3v) is 4.45. The number of aromatic amines is 1. The van der Waals surface area contributed by atoms with Crippen molar-refractivity contribution in [1.29, 1.82) is 0 Å². The molecule has 6 nitrogen and oxygen atoms in total. The van der Waals surface area contributed by atoms with Crippen molar-refractivity contribution in [2.45, 2.75) is 6.42 Å². The largest absolute Gasteiger partial charge is 0.384 e. The average Bonchev–Trinajstić information content (AvgIpc) is 2.45. The highest BCUT2D eigenvalue weighted by atomic mass is 32.2. The Balaban J connectivity index is 2.04. The Morgan fingerprint density at radius 1 is 1.29 bits per heavy atom. The van der Waals surface area contributed by atoms with Crippen LogP contribution >= 0.6 is 0 Å². The lowest BCUT2D eigenvalue weighted by atomic mass is 10.1. The van der Waals surface area contributed by atoms with Crippen LogP contribution in [0, 0.1) is 0 Å². The second-order valence-corrected chi connectivity index (χ2v) is 6.59. The molecule has 0 atom stereocenters. The Hall–Kier alpha value is -1.70. The maximum atomic E-state index is 11.9. The minimum absolute atomic E-state index is 0.0857. The zero-order valence-corrected chi connectivity index (χ0v) is 12.6. The summed E-state index contributed by atoms with van der Waals surface area (Å²) in [6.07, 6.45) is 0.340. The minimum atomic E-state index is -3.36. The van der Waals surface area contributed by atoms with E-state index in [2.05, 4.69) is 9.71 Å². The second kappa shape index (κ2) is 6.84. The van der Waals surface area contributed by atoms with Crippen molar-refractivity contribution in [2.24, 2.45) is 0 Å². The average molecular weight is 310 g/mol. The summed E-state index contributed by atoms with van der Waals surface area (Å²) in [4.78, 5) is 14.7. The van der Waals surface area contributed by atoms with Gasteiger partial charge in [-0.2, -0.15) is 0 Å². The first-order valence-electron chi connectivity index (χ1n) is 6.59. The molecule has 0 bridgehead atoms. The van der Waals surface area contributed by atoms with Gasteiger partial charge in [-0.25, -0.2) is 13.1 Å². The number of hydrogen-bond acceptors (Lipinski definition) is 4. The van der Waals surface area contributed by atoms with Gasteiger partial charge < -0.3 is 9.72 Å². The van der Waals surface area contributed by atoms with Crippen molar-refractivity contribution < 1.29 is 13.2 Å². The summed E-state index contributed by atoms with van der Waals surface area (Å²) in [7, 11) is -1.91. The molecule has 0 aliphatic rings. The number of methoxy groups -OCH3 is 1. The van der Waals surface area contributed by atoms with Crippen LogP contribution in [0.2, 0.25) is 0 Å². The molecule has 0 spiro atoms. The number of nitrogens with one attached hydrogen (secondary N) is 2. The molecule has 1 aromatic carbocycles. The number of H-pyrrole nitrogens is 1. The zero-order valence-electron chi connectivity index (χ0n) is 11.8. The molecule has 0 saturated heterocycles. The van der Waals surface area contributed by atoms with E-state index in [0.29, 0.717) is 12.0 Å². The van der Waals surface area contributed by atoms with Crippen molar-refractivity contribution in [2.75, 3.05) is 26.0 Å². The van der Waals surface area contributed by atoms with E-state index in [0.717, 1.165) is 10.9 Å². The van der Waals surface area contributed by atoms with Crippen molar-refractivity contribution in [3.63, 3.8) is 0 Å². The van der Waals surface area contributed by atoms with Gasteiger partial charge in [0.2, 0.25) is 10.0 Å². The summed E-state index contributed by atoms with van der Waals surface area (Å²) in [6, 6.07) is 9.25. The smallest absolute Gasteiger partial charge is 0.251 e. The van der Waals surface area contributed by atoms with Crippen LogP contribution in [0.15, 0.2) is 35.1 Å². The number of benzene rings is 1. The van der Waals surface area contributed by atoms with Gasteiger partial charge in [-0.1, -0.05) is 18.2 Å². The van der Waals surface area contributed by atoms with E-state index in [4.69, 9.17) is 4.74 Å². The number of rotatable bonds is 7. The molecule has 0 fully saturated rings. The van der Waals surface area contributed by atoms with Crippen molar-refractivity contribution >= 4 is 20.9 Å². The Morgan fingerprint density at radius 2 is 2.05 bits per heavy atom. The van der Waals surface area contributed by atoms with Gasteiger partial charge in [-0.05, 0) is 23.9 Å². The fraction of sp³-hybridized carbons (Fsp3) is 0.357. The van der Waals surface area contributed by atoms with Crippen LogP contribution < -0.4 is 10.3 Å².